The molecule has 1 fully saturated rings. The Morgan fingerprint density at radius 2 is 2.23 bits per heavy atom. The molecule has 0 bridgehead atoms. The molecule has 0 aliphatic heterocycles. The van der Waals surface area contributed by atoms with Crippen LogP contribution in [0.4, 0.5) is 0 Å². The number of hydrogen-bond acceptors (Lipinski definition) is 2. The third-order valence-corrected chi connectivity index (χ3v) is 2.65. The molecular weight excluding hydrogens is 211 g/mol. The third-order valence-electron chi connectivity index (χ3n) is 2.34. The van der Waals surface area contributed by atoms with E-state index in [1.807, 2.05) is 0 Å². The molecule has 3 N–H and O–H groups in total. The van der Waals surface area contributed by atoms with Gasteiger partial charge in [-0.25, -0.2) is 0 Å². The summed E-state index contributed by atoms with van der Waals surface area (Å²) in [6.45, 7) is 0.297. The lowest BCUT2D eigenvalue weighted by Gasteiger charge is -2.15. The van der Waals surface area contributed by atoms with E-state index < -0.39 is 4.84 Å². The molecule has 1 aliphatic carbocycles. The van der Waals surface area contributed by atoms with Crippen molar-refractivity contribution >= 4 is 29.1 Å². The Morgan fingerprint density at radius 1 is 1.54 bits per heavy atom. The molecule has 1 saturated carbocycles. The maximum Gasteiger partial charge on any atom is 0.224 e. The monoisotopic (exact) mass is 224 g/mol. The van der Waals surface area contributed by atoms with Gasteiger partial charge in [0.25, 0.3) is 0 Å². The number of halogens is 2. The zero-order valence-corrected chi connectivity index (χ0v) is 8.81. The maximum atomic E-state index is 11.5. The molecular formula is C8H14Cl2N2O. The van der Waals surface area contributed by atoms with E-state index in [1.165, 1.54) is 0 Å². The van der Waals surface area contributed by atoms with Gasteiger partial charge in [-0.2, -0.15) is 0 Å². The number of alkyl halides is 2. The molecule has 0 aromatic carbocycles. The first-order valence-corrected chi connectivity index (χ1v) is 5.30. The zero-order chi connectivity index (χ0) is 9.84. The third kappa shape index (κ3) is 3.33. The van der Waals surface area contributed by atoms with Crippen LogP contribution in [0, 0.1) is 5.92 Å². The summed E-state index contributed by atoms with van der Waals surface area (Å²) in [5, 5.41) is 2.67. The van der Waals surface area contributed by atoms with Gasteiger partial charge in [-0.3, -0.25) is 4.79 Å². The summed E-state index contributed by atoms with van der Waals surface area (Å²) >= 11 is 11.0. The number of hydrogen-bond donors (Lipinski definition) is 2. The summed E-state index contributed by atoms with van der Waals surface area (Å²) in [5.41, 5.74) is 5.76. The Hall–Kier alpha value is 0.01000. The van der Waals surface area contributed by atoms with Crippen LogP contribution >= 0.6 is 23.2 Å². The van der Waals surface area contributed by atoms with E-state index in [0.717, 1.165) is 19.3 Å². The molecule has 1 amide bonds. The van der Waals surface area contributed by atoms with E-state index in [4.69, 9.17) is 28.9 Å². The van der Waals surface area contributed by atoms with Crippen molar-refractivity contribution in [3.63, 3.8) is 0 Å². The van der Waals surface area contributed by atoms with Gasteiger partial charge in [-0.15, -0.1) is 23.2 Å². The molecule has 1 rings (SSSR count). The van der Waals surface area contributed by atoms with Crippen LogP contribution in [0.1, 0.15) is 19.3 Å². The molecule has 0 heterocycles. The molecule has 0 spiro atoms. The van der Waals surface area contributed by atoms with Crippen LogP contribution < -0.4 is 11.1 Å². The van der Waals surface area contributed by atoms with E-state index in [-0.39, 0.29) is 17.9 Å². The van der Waals surface area contributed by atoms with Gasteiger partial charge in [0, 0.05) is 12.6 Å². The van der Waals surface area contributed by atoms with Crippen molar-refractivity contribution < 1.29 is 4.79 Å². The maximum absolute atomic E-state index is 11.5. The molecule has 2 unspecified atom stereocenters. The predicted molar refractivity (Wildman–Crippen MR) is 53.8 cm³/mol. The minimum Gasteiger partial charge on any atom is -0.353 e. The first kappa shape index (κ1) is 11.1. The number of nitrogens with two attached hydrogens (primary N) is 1. The first-order valence-electron chi connectivity index (χ1n) is 4.42. The summed E-state index contributed by atoms with van der Waals surface area (Å²) in [7, 11) is 0. The highest BCUT2D eigenvalue weighted by molar-refractivity contribution is 6.44. The smallest absolute Gasteiger partial charge is 0.224 e. The van der Waals surface area contributed by atoms with Crippen molar-refractivity contribution in [1.82, 2.24) is 5.32 Å². The van der Waals surface area contributed by atoms with Crippen LogP contribution in [-0.4, -0.2) is 23.3 Å². The van der Waals surface area contributed by atoms with Gasteiger partial charge in [0.2, 0.25) is 5.91 Å². The van der Waals surface area contributed by atoms with Gasteiger partial charge in [-0.05, 0) is 12.8 Å². The van der Waals surface area contributed by atoms with Crippen molar-refractivity contribution in [3.8, 4) is 0 Å². The molecule has 0 aromatic heterocycles. The fraction of sp³-hybridized carbons (Fsp3) is 0.875. The quantitative estimate of drug-likeness (QED) is 0.705. The summed E-state index contributed by atoms with van der Waals surface area (Å²) in [6, 6.07) is 0.00380. The van der Waals surface area contributed by atoms with E-state index >= 15 is 0 Å². The predicted octanol–water partition coefficient (Wildman–Crippen LogP) is 1.03. The van der Waals surface area contributed by atoms with Gasteiger partial charge in [-0.1, -0.05) is 6.42 Å². The van der Waals surface area contributed by atoms with Gasteiger partial charge < -0.3 is 11.1 Å². The minimum absolute atomic E-state index is 0.00380. The van der Waals surface area contributed by atoms with Gasteiger partial charge >= 0.3 is 0 Å². The Bertz CT molecular complexity index is 187. The molecule has 2 atom stereocenters. The van der Waals surface area contributed by atoms with E-state index in [9.17, 15) is 4.79 Å². The molecule has 13 heavy (non-hydrogen) atoms. The number of carbonyl (C=O) groups is 1. The number of nitrogens with one attached hydrogen (secondary N) is 1. The van der Waals surface area contributed by atoms with Gasteiger partial charge in [0.05, 0.1) is 5.92 Å². The van der Waals surface area contributed by atoms with Crippen molar-refractivity contribution in [2.45, 2.75) is 30.1 Å². The lowest BCUT2D eigenvalue weighted by Crippen LogP contribution is -2.40. The molecule has 76 valence electrons. The Kier molecular flexibility index (Phi) is 4.29. The topological polar surface area (TPSA) is 55.1 Å². The molecule has 0 aromatic rings. The van der Waals surface area contributed by atoms with Crippen molar-refractivity contribution in [1.29, 1.82) is 0 Å². The van der Waals surface area contributed by atoms with E-state index in [0.29, 0.717) is 6.54 Å². The largest absolute Gasteiger partial charge is 0.353 e. The molecule has 5 heteroatoms. The van der Waals surface area contributed by atoms with Crippen molar-refractivity contribution in [2.75, 3.05) is 6.54 Å². The second-order valence-electron chi connectivity index (χ2n) is 3.34. The number of rotatable bonds is 3. The van der Waals surface area contributed by atoms with Crippen LogP contribution in [0.2, 0.25) is 0 Å². The average molecular weight is 225 g/mol. The average Bonchev–Trinajstić information content (AvgIpc) is 2.47. The Morgan fingerprint density at radius 3 is 2.69 bits per heavy atom. The normalized spacial score (nSPS) is 28.0. The highest BCUT2D eigenvalue weighted by atomic mass is 35.5. The highest BCUT2D eigenvalue weighted by Crippen LogP contribution is 2.23. The van der Waals surface area contributed by atoms with Crippen molar-refractivity contribution in [2.24, 2.45) is 11.7 Å². The minimum atomic E-state index is -0.540. The van der Waals surface area contributed by atoms with E-state index in [2.05, 4.69) is 5.32 Å². The Balaban J connectivity index is 2.30. The standard InChI is InChI=1S/C8H14Cl2N2O/c9-7(10)4-12-8(13)5-2-1-3-6(5)11/h5-7H,1-4,11H2,(H,12,13). The lowest BCUT2D eigenvalue weighted by atomic mass is 10.0. The van der Waals surface area contributed by atoms with E-state index in [1.54, 1.807) is 0 Å². The first-order chi connectivity index (χ1) is 6.11. The second kappa shape index (κ2) is 5.03. The van der Waals surface area contributed by atoms with Crippen LogP contribution in [0.5, 0.6) is 0 Å². The number of amides is 1. The number of carbonyl (C=O) groups excluding carboxylic acids is 1. The fourth-order valence-electron chi connectivity index (χ4n) is 1.62. The molecule has 3 nitrogen and oxygen atoms in total. The van der Waals surface area contributed by atoms with Gasteiger partial charge in [0.15, 0.2) is 0 Å². The zero-order valence-electron chi connectivity index (χ0n) is 7.30. The van der Waals surface area contributed by atoms with Crippen molar-refractivity contribution in [3.05, 3.63) is 0 Å². The van der Waals surface area contributed by atoms with Crippen LogP contribution in [-0.2, 0) is 4.79 Å². The molecule has 0 saturated heterocycles. The van der Waals surface area contributed by atoms with Gasteiger partial charge in [0.1, 0.15) is 4.84 Å². The lowest BCUT2D eigenvalue weighted by molar-refractivity contribution is -0.125. The SMILES string of the molecule is NC1CCCC1C(=O)NCC(Cl)Cl. The summed E-state index contributed by atoms with van der Waals surface area (Å²) in [4.78, 5) is 10.9. The van der Waals surface area contributed by atoms with Crippen LogP contribution in [0.3, 0.4) is 0 Å². The van der Waals surface area contributed by atoms with Crippen LogP contribution in [0.25, 0.3) is 0 Å². The Labute approximate surface area is 87.9 Å². The summed E-state index contributed by atoms with van der Waals surface area (Å²) in [5.74, 6) is -0.0663. The van der Waals surface area contributed by atoms with Crippen LogP contribution in [0.15, 0.2) is 0 Å². The highest BCUT2D eigenvalue weighted by Gasteiger charge is 2.29. The second-order valence-corrected chi connectivity index (χ2v) is 4.61. The summed E-state index contributed by atoms with van der Waals surface area (Å²) in [6.07, 6.45) is 2.84. The molecule has 1 aliphatic rings. The fourth-order valence-corrected chi connectivity index (χ4v) is 1.78. The summed E-state index contributed by atoms with van der Waals surface area (Å²) < 4.78 is 0. The molecule has 0 radical (unpaired) electrons.